The number of ether oxygens (including phenoxy) is 3. The van der Waals surface area contributed by atoms with Crippen LogP contribution < -0.4 is 19.5 Å². The van der Waals surface area contributed by atoms with E-state index in [9.17, 15) is 4.39 Å². The molecule has 164 valence electrons. The van der Waals surface area contributed by atoms with E-state index in [1.807, 2.05) is 37.3 Å². The fraction of sp³-hybridized carbons (Fsp3) is 0.261. The van der Waals surface area contributed by atoms with Gasteiger partial charge in [-0.2, -0.15) is 0 Å². The van der Waals surface area contributed by atoms with Crippen molar-refractivity contribution in [2.24, 2.45) is 0 Å². The first-order chi connectivity index (χ1) is 15.1. The number of aromatic nitrogens is 1. The summed E-state index contributed by atoms with van der Waals surface area (Å²) < 4.78 is 32.0. The standard InChI is InChI=1S/C23H23BrClFN2O3/c1-2-29-21-12-16(14-27-10-11-30-23-8-3-4-9-28-23)18(24)13-22(21)31-15-17-19(25)6-5-7-20(17)26/h3-9,12-13,27H,2,10-11,14-15H2,1H3. The average Bonchev–Trinajstić information content (AvgIpc) is 2.76. The highest BCUT2D eigenvalue weighted by molar-refractivity contribution is 9.10. The monoisotopic (exact) mass is 508 g/mol. The number of nitrogens with one attached hydrogen (secondary N) is 1. The maximum atomic E-state index is 14.0. The Morgan fingerprint density at radius 1 is 1.06 bits per heavy atom. The van der Waals surface area contributed by atoms with E-state index in [-0.39, 0.29) is 6.61 Å². The van der Waals surface area contributed by atoms with Crippen molar-refractivity contribution < 1.29 is 18.6 Å². The van der Waals surface area contributed by atoms with E-state index in [0.717, 1.165) is 10.0 Å². The molecule has 0 aliphatic rings. The van der Waals surface area contributed by atoms with E-state index in [2.05, 4.69) is 26.2 Å². The Kier molecular flexibility index (Phi) is 8.94. The summed E-state index contributed by atoms with van der Waals surface area (Å²) in [4.78, 5) is 4.12. The molecule has 5 nitrogen and oxygen atoms in total. The van der Waals surface area contributed by atoms with Gasteiger partial charge in [0.15, 0.2) is 11.5 Å². The second-order valence-corrected chi connectivity index (χ2v) is 7.77. The van der Waals surface area contributed by atoms with Crippen molar-refractivity contribution in [2.45, 2.75) is 20.1 Å². The smallest absolute Gasteiger partial charge is 0.213 e. The molecule has 0 saturated carbocycles. The van der Waals surface area contributed by atoms with E-state index in [4.69, 9.17) is 25.8 Å². The number of hydrogen-bond acceptors (Lipinski definition) is 5. The van der Waals surface area contributed by atoms with Crippen LogP contribution in [0.5, 0.6) is 17.4 Å². The van der Waals surface area contributed by atoms with Gasteiger partial charge in [0.05, 0.1) is 11.6 Å². The lowest BCUT2D eigenvalue weighted by atomic mass is 10.2. The fourth-order valence-electron chi connectivity index (χ4n) is 2.80. The zero-order valence-corrected chi connectivity index (χ0v) is 19.4. The minimum atomic E-state index is -0.404. The van der Waals surface area contributed by atoms with Crippen molar-refractivity contribution in [3.8, 4) is 17.4 Å². The average molecular weight is 510 g/mol. The summed E-state index contributed by atoms with van der Waals surface area (Å²) >= 11 is 9.67. The van der Waals surface area contributed by atoms with Crippen molar-refractivity contribution in [3.05, 3.63) is 81.2 Å². The highest BCUT2D eigenvalue weighted by atomic mass is 79.9. The molecule has 0 spiro atoms. The number of rotatable bonds is 11. The molecule has 2 aromatic carbocycles. The third-order valence-corrected chi connectivity index (χ3v) is 5.42. The van der Waals surface area contributed by atoms with Gasteiger partial charge in [-0.05, 0) is 42.8 Å². The molecule has 3 rings (SSSR count). The van der Waals surface area contributed by atoms with Gasteiger partial charge in [0, 0.05) is 35.4 Å². The molecule has 8 heteroatoms. The largest absolute Gasteiger partial charge is 0.490 e. The molecule has 0 fully saturated rings. The SMILES string of the molecule is CCOc1cc(CNCCOc2ccccn2)c(Br)cc1OCc1c(F)cccc1Cl. The summed E-state index contributed by atoms with van der Waals surface area (Å²) in [6.07, 6.45) is 1.69. The summed E-state index contributed by atoms with van der Waals surface area (Å²) in [5.41, 5.74) is 1.30. The molecule has 0 aliphatic heterocycles. The van der Waals surface area contributed by atoms with Gasteiger partial charge in [-0.3, -0.25) is 0 Å². The van der Waals surface area contributed by atoms with Gasteiger partial charge in [0.2, 0.25) is 5.88 Å². The summed E-state index contributed by atoms with van der Waals surface area (Å²) in [6.45, 7) is 4.12. The zero-order valence-electron chi connectivity index (χ0n) is 17.0. The minimum Gasteiger partial charge on any atom is -0.490 e. The van der Waals surface area contributed by atoms with Gasteiger partial charge >= 0.3 is 0 Å². The number of nitrogens with zero attached hydrogens (tertiary/aromatic N) is 1. The number of benzene rings is 2. The fourth-order valence-corrected chi connectivity index (χ4v) is 3.48. The van der Waals surface area contributed by atoms with Crippen molar-refractivity contribution in [3.63, 3.8) is 0 Å². The quantitative estimate of drug-likeness (QED) is 0.332. The van der Waals surface area contributed by atoms with Gasteiger partial charge in [-0.25, -0.2) is 9.37 Å². The number of hydrogen-bond donors (Lipinski definition) is 1. The number of halogens is 3. The van der Waals surface area contributed by atoms with Gasteiger partial charge < -0.3 is 19.5 Å². The molecule has 0 bridgehead atoms. The topological polar surface area (TPSA) is 52.6 Å². The molecule has 0 aliphatic carbocycles. The van der Waals surface area contributed by atoms with Gasteiger partial charge in [0.25, 0.3) is 0 Å². The van der Waals surface area contributed by atoms with Crippen molar-refractivity contribution >= 4 is 27.5 Å². The van der Waals surface area contributed by atoms with Crippen LogP contribution in [0, 0.1) is 5.82 Å². The molecule has 0 unspecified atom stereocenters. The summed E-state index contributed by atoms with van der Waals surface area (Å²) in [5.74, 6) is 1.29. The van der Waals surface area contributed by atoms with Gasteiger partial charge in [-0.15, -0.1) is 0 Å². The molecule has 0 saturated heterocycles. The molecular formula is C23H23BrClFN2O3. The van der Waals surface area contributed by atoms with Crippen molar-refractivity contribution in [1.82, 2.24) is 10.3 Å². The lowest BCUT2D eigenvalue weighted by Crippen LogP contribution is -2.21. The van der Waals surface area contributed by atoms with E-state index in [1.54, 1.807) is 18.3 Å². The van der Waals surface area contributed by atoms with Crippen LogP contribution in [0.3, 0.4) is 0 Å². The molecular weight excluding hydrogens is 487 g/mol. The van der Waals surface area contributed by atoms with E-state index < -0.39 is 5.82 Å². The van der Waals surface area contributed by atoms with Crippen LogP contribution in [0.2, 0.25) is 5.02 Å². The Morgan fingerprint density at radius 2 is 1.90 bits per heavy atom. The van der Waals surface area contributed by atoms with Gasteiger partial charge in [0.1, 0.15) is 19.0 Å². The minimum absolute atomic E-state index is 0.000474. The van der Waals surface area contributed by atoms with Crippen LogP contribution in [0.4, 0.5) is 4.39 Å². The summed E-state index contributed by atoms with van der Waals surface area (Å²) in [7, 11) is 0. The Bertz CT molecular complexity index is 972. The lowest BCUT2D eigenvalue weighted by molar-refractivity contribution is 0.265. The van der Waals surface area contributed by atoms with Gasteiger partial charge in [-0.1, -0.05) is 39.7 Å². The maximum absolute atomic E-state index is 14.0. The third-order valence-electron chi connectivity index (χ3n) is 4.33. The molecule has 0 amide bonds. The second kappa shape index (κ2) is 11.9. The molecule has 0 atom stereocenters. The summed E-state index contributed by atoms with van der Waals surface area (Å²) in [5, 5.41) is 3.65. The predicted molar refractivity (Wildman–Crippen MR) is 122 cm³/mol. The van der Waals surface area contributed by atoms with E-state index in [1.165, 1.54) is 6.07 Å². The molecule has 1 heterocycles. The van der Waals surface area contributed by atoms with E-state index >= 15 is 0 Å². The third kappa shape index (κ3) is 6.82. The highest BCUT2D eigenvalue weighted by Crippen LogP contribution is 2.35. The molecule has 1 N–H and O–H groups in total. The Hall–Kier alpha value is -2.35. The maximum Gasteiger partial charge on any atom is 0.213 e. The Morgan fingerprint density at radius 3 is 2.65 bits per heavy atom. The van der Waals surface area contributed by atoms with Crippen LogP contribution >= 0.6 is 27.5 Å². The zero-order chi connectivity index (χ0) is 22.1. The number of pyridine rings is 1. The first-order valence-corrected chi connectivity index (χ1v) is 11.0. The van der Waals surface area contributed by atoms with Crippen molar-refractivity contribution in [1.29, 1.82) is 0 Å². The molecule has 31 heavy (non-hydrogen) atoms. The van der Waals surface area contributed by atoms with Crippen LogP contribution in [0.25, 0.3) is 0 Å². The first kappa shape index (κ1) is 23.3. The van der Waals surface area contributed by atoms with Crippen LogP contribution in [-0.2, 0) is 13.2 Å². The first-order valence-electron chi connectivity index (χ1n) is 9.84. The van der Waals surface area contributed by atoms with Crippen LogP contribution in [-0.4, -0.2) is 24.7 Å². The molecule has 0 radical (unpaired) electrons. The molecule has 1 aromatic heterocycles. The Labute approximate surface area is 194 Å². The predicted octanol–water partition coefficient (Wildman–Crippen LogP) is 5.78. The molecule has 3 aromatic rings. The normalized spacial score (nSPS) is 10.7. The highest BCUT2D eigenvalue weighted by Gasteiger charge is 2.13. The Balaban J connectivity index is 1.60. The second-order valence-electron chi connectivity index (χ2n) is 6.51. The summed E-state index contributed by atoms with van der Waals surface area (Å²) in [6, 6.07) is 13.8. The van der Waals surface area contributed by atoms with E-state index in [0.29, 0.717) is 54.3 Å². The van der Waals surface area contributed by atoms with Crippen molar-refractivity contribution in [2.75, 3.05) is 19.8 Å². The van der Waals surface area contributed by atoms with Crippen LogP contribution in [0.1, 0.15) is 18.1 Å². The lowest BCUT2D eigenvalue weighted by Gasteiger charge is -2.16. The van der Waals surface area contributed by atoms with Crippen LogP contribution in [0.15, 0.2) is 59.2 Å².